The Morgan fingerprint density at radius 2 is 1.77 bits per heavy atom. The summed E-state index contributed by atoms with van der Waals surface area (Å²) in [5.74, 6) is -0.365. The number of carbonyl (C=O) groups excluding carboxylic acids is 2. The van der Waals surface area contributed by atoms with E-state index in [1.165, 1.54) is 45.2 Å². The van der Waals surface area contributed by atoms with E-state index in [0.717, 1.165) is 0 Å². The molecular weight excluding hydrogens is 396 g/mol. The van der Waals surface area contributed by atoms with Gasteiger partial charge in [0.25, 0.3) is 5.69 Å². The maximum atomic E-state index is 12.5. The van der Waals surface area contributed by atoms with Crippen molar-refractivity contribution in [3.05, 3.63) is 40.0 Å². The number of carbonyl (C=O) groups is 2. The molecule has 1 amide bonds. The van der Waals surface area contributed by atoms with Crippen molar-refractivity contribution in [2.75, 3.05) is 34.4 Å². The maximum Gasteiger partial charge on any atom is 0.410 e. The number of benzene rings is 1. The Morgan fingerprint density at radius 3 is 2.23 bits per heavy atom. The van der Waals surface area contributed by atoms with E-state index in [9.17, 15) is 19.7 Å². The second-order valence-electron chi connectivity index (χ2n) is 6.91. The summed E-state index contributed by atoms with van der Waals surface area (Å²) in [7, 11) is 4.25. The number of likely N-dealkylation sites (N-methyl/N-ethyl adjacent to an activating group) is 1. The van der Waals surface area contributed by atoms with Crippen LogP contribution in [0, 0.1) is 16.0 Å². The second kappa shape index (κ2) is 11.0. The summed E-state index contributed by atoms with van der Waals surface area (Å²) >= 11 is 0. The summed E-state index contributed by atoms with van der Waals surface area (Å²) in [6.45, 7) is 8.57. The fraction of sp³-hybridized carbons (Fsp3) is 0.500. The monoisotopic (exact) mass is 424 g/mol. The molecule has 0 heterocycles. The molecule has 0 bridgehead atoms. The van der Waals surface area contributed by atoms with Gasteiger partial charge in [0.2, 0.25) is 0 Å². The summed E-state index contributed by atoms with van der Waals surface area (Å²) in [5, 5.41) is 11.6. The predicted octanol–water partition coefficient (Wildman–Crippen LogP) is 3.50. The normalized spacial score (nSPS) is 11.4. The number of ether oxygens (including phenoxy) is 4. The van der Waals surface area contributed by atoms with Gasteiger partial charge in [-0.25, -0.2) is 9.59 Å². The molecule has 0 fully saturated rings. The van der Waals surface area contributed by atoms with E-state index in [1.807, 2.05) is 0 Å². The van der Waals surface area contributed by atoms with Crippen LogP contribution < -0.4 is 9.47 Å². The number of nitro groups is 1. The lowest BCUT2D eigenvalue weighted by molar-refractivity contribution is -0.386. The van der Waals surface area contributed by atoms with Crippen molar-refractivity contribution >= 4 is 17.7 Å². The first-order chi connectivity index (χ1) is 14.0. The first-order valence-electron chi connectivity index (χ1n) is 9.18. The Bertz CT molecular complexity index is 806. The van der Waals surface area contributed by atoms with Gasteiger partial charge in [-0.05, 0) is 18.9 Å². The van der Waals surface area contributed by atoms with Gasteiger partial charge in [-0.2, -0.15) is 0 Å². The summed E-state index contributed by atoms with van der Waals surface area (Å²) in [6.07, 6.45) is -1.64. The number of nitrogens with zero attached hydrogens (tertiary/aromatic N) is 2. The van der Waals surface area contributed by atoms with Crippen molar-refractivity contribution in [2.45, 2.75) is 26.9 Å². The molecule has 1 atom stereocenters. The fourth-order valence-electron chi connectivity index (χ4n) is 2.52. The molecule has 0 spiro atoms. The average Bonchev–Trinajstić information content (AvgIpc) is 2.69. The van der Waals surface area contributed by atoms with Gasteiger partial charge < -0.3 is 23.8 Å². The first-order valence-corrected chi connectivity index (χ1v) is 9.18. The smallest absolute Gasteiger partial charge is 0.410 e. The number of amides is 1. The van der Waals surface area contributed by atoms with Gasteiger partial charge in [-0.15, -0.1) is 0 Å². The highest BCUT2D eigenvalue weighted by Gasteiger charge is 2.31. The van der Waals surface area contributed by atoms with Crippen molar-refractivity contribution in [3.8, 4) is 11.5 Å². The molecule has 10 nitrogen and oxygen atoms in total. The van der Waals surface area contributed by atoms with E-state index in [0.29, 0.717) is 0 Å². The van der Waals surface area contributed by atoms with E-state index in [1.54, 1.807) is 13.8 Å². The van der Waals surface area contributed by atoms with Crippen LogP contribution >= 0.6 is 0 Å². The summed E-state index contributed by atoms with van der Waals surface area (Å²) in [5.41, 5.74) is 0.182. The number of methoxy groups -OCH3 is 2. The summed E-state index contributed by atoms with van der Waals surface area (Å²) < 4.78 is 20.9. The molecule has 1 aromatic carbocycles. The van der Waals surface area contributed by atoms with Crippen LogP contribution in [-0.4, -0.2) is 56.3 Å². The van der Waals surface area contributed by atoms with E-state index in [2.05, 4.69) is 6.58 Å². The largest absolute Gasteiger partial charge is 0.493 e. The van der Waals surface area contributed by atoms with Gasteiger partial charge in [0.15, 0.2) is 11.5 Å². The third kappa shape index (κ3) is 6.36. The lowest BCUT2D eigenvalue weighted by Crippen LogP contribution is -2.33. The van der Waals surface area contributed by atoms with Crippen molar-refractivity contribution < 1.29 is 33.5 Å². The van der Waals surface area contributed by atoms with Crippen molar-refractivity contribution in [2.24, 2.45) is 5.92 Å². The molecule has 30 heavy (non-hydrogen) atoms. The predicted molar refractivity (Wildman–Crippen MR) is 109 cm³/mol. The molecular formula is C20H28N2O8. The molecule has 0 aliphatic heterocycles. The first kappa shape index (κ1) is 24.7. The van der Waals surface area contributed by atoms with Gasteiger partial charge in [-0.1, -0.05) is 20.4 Å². The Labute approximate surface area is 175 Å². The summed E-state index contributed by atoms with van der Waals surface area (Å²) in [4.78, 5) is 36.2. The lowest BCUT2D eigenvalue weighted by Gasteiger charge is -2.25. The van der Waals surface area contributed by atoms with Crippen LogP contribution in [0.25, 0.3) is 0 Å². The zero-order valence-corrected chi connectivity index (χ0v) is 18.1. The highest BCUT2D eigenvalue weighted by atomic mass is 16.6. The fourth-order valence-corrected chi connectivity index (χ4v) is 2.52. The third-order valence-corrected chi connectivity index (χ3v) is 4.19. The number of hydrogen-bond acceptors (Lipinski definition) is 8. The van der Waals surface area contributed by atoms with Gasteiger partial charge in [0, 0.05) is 12.6 Å². The van der Waals surface area contributed by atoms with Crippen molar-refractivity contribution in [1.82, 2.24) is 4.90 Å². The Kier molecular flexibility index (Phi) is 9.10. The minimum atomic E-state index is -0.918. The number of hydrogen-bond donors (Lipinski definition) is 0. The number of rotatable bonds is 10. The quantitative estimate of drug-likeness (QED) is 0.242. The minimum absolute atomic E-state index is 0.0415. The molecule has 0 radical (unpaired) electrons. The highest BCUT2D eigenvalue weighted by molar-refractivity contribution is 5.86. The van der Waals surface area contributed by atoms with Crippen LogP contribution in [0.5, 0.6) is 11.5 Å². The van der Waals surface area contributed by atoms with Gasteiger partial charge in [0.05, 0.1) is 37.3 Å². The standard InChI is InChI=1S/C20H28N2O8/c1-12(2)18(30-20(24)21(5)8-9-29-19(23)13(3)4)14-10-16(27-6)17(28-7)11-15(14)22(25)26/h10-12,18H,3,8-9H2,1-2,4-7H3. The van der Waals surface area contributed by atoms with Gasteiger partial charge in [-0.3, -0.25) is 10.1 Å². The SMILES string of the molecule is C=C(C)C(=O)OCCN(C)C(=O)OC(c1cc(OC)c(OC)cc1[N+](=O)[O-])C(C)C. The third-order valence-electron chi connectivity index (χ3n) is 4.19. The minimum Gasteiger partial charge on any atom is -0.493 e. The summed E-state index contributed by atoms with van der Waals surface area (Å²) in [6, 6.07) is 2.67. The molecule has 1 aromatic rings. The number of esters is 1. The molecule has 1 unspecified atom stereocenters. The maximum absolute atomic E-state index is 12.5. The molecule has 0 N–H and O–H groups in total. The Balaban J connectivity index is 3.07. The molecule has 0 aromatic heterocycles. The molecule has 0 aliphatic carbocycles. The second-order valence-corrected chi connectivity index (χ2v) is 6.91. The van der Waals surface area contributed by atoms with E-state index >= 15 is 0 Å². The Hall–Kier alpha value is -3.30. The molecule has 0 saturated heterocycles. The van der Waals surface area contributed by atoms with Gasteiger partial charge in [0.1, 0.15) is 12.7 Å². The van der Waals surface area contributed by atoms with Crippen LogP contribution in [0.15, 0.2) is 24.3 Å². The van der Waals surface area contributed by atoms with E-state index in [-0.39, 0.29) is 47.4 Å². The number of nitro benzene ring substituents is 1. The van der Waals surface area contributed by atoms with Crippen molar-refractivity contribution in [3.63, 3.8) is 0 Å². The molecule has 1 rings (SSSR count). The van der Waals surface area contributed by atoms with Gasteiger partial charge >= 0.3 is 12.1 Å². The molecule has 10 heteroatoms. The molecule has 0 saturated carbocycles. The lowest BCUT2D eigenvalue weighted by atomic mass is 9.96. The van der Waals surface area contributed by atoms with Crippen LogP contribution in [0.2, 0.25) is 0 Å². The zero-order valence-electron chi connectivity index (χ0n) is 18.1. The average molecular weight is 424 g/mol. The van der Waals surface area contributed by atoms with Crippen molar-refractivity contribution in [1.29, 1.82) is 0 Å². The molecule has 166 valence electrons. The van der Waals surface area contributed by atoms with E-state index in [4.69, 9.17) is 18.9 Å². The topological polar surface area (TPSA) is 117 Å². The van der Waals surface area contributed by atoms with Crippen LogP contribution in [-0.2, 0) is 14.3 Å². The Morgan fingerprint density at radius 1 is 1.20 bits per heavy atom. The van der Waals surface area contributed by atoms with Crippen LogP contribution in [0.4, 0.5) is 10.5 Å². The van der Waals surface area contributed by atoms with Crippen LogP contribution in [0.1, 0.15) is 32.4 Å². The molecule has 0 aliphatic rings. The highest BCUT2D eigenvalue weighted by Crippen LogP contribution is 2.40. The van der Waals surface area contributed by atoms with E-state index < -0.39 is 23.1 Å². The zero-order chi connectivity index (χ0) is 23.0. The van der Waals surface area contributed by atoms with Crippen LogP contribution in [0.3, 0.4) is 0 Å².